The molecule has 0 atom stereocenters. The van der Waals surface area contributed by atoms with E-state index in [9.17, 15) is 18.0 Å². The van der Waals surface area contributed by atoms with Crippen LogP contribution in [0, 0.1) is 0 Å². The molecule has 0 spiro atoms. The largest absolute Gasteiger partial charge is 0.480 e. The lowest BCUT2D eigenvalue weighted by atomic mass is 10.1. The first-order chi connectivity index (χ1) is 23.2. The Balaban J connectivity index is 1.24. The van der Waals surface area contributed by atoms with Gasteiger partial charge in [0.15, 0.2) is 11.5 Å². The second-order valence-electron chi connectivity index (χ2n) is 12.2. The van der Waals surface area contributed by atoms with Gasteiger partial charge >= 0.3 is 6.18 Å². The molecule has 0 radical (unpaired) electrons. The molecule has 2 saturated carbocycles. The van der Waals surface area contributed by atoms with Crippen LogP contribution in [0.3, 0.4) is 0 Å². The number of halogens is 3. The molecule has 8 rings (SSSR count). The van der Waals surface area contributed by atoms with Crippen LogP contribution in [0.25, 0.3) is 44.9 Å². The Morgan fingerprint density at radius 2 is 1.75 bits per heavy atom. The summed E-state index contributed by atoms with van der Waals surface area (Å²) in [5, 5.41) is 5.00. The maximum Gasteiger partial charge on any atom is 0.434 e. The molecular weight excluding hydrogens is 623 g/mol. The summed E-state index contributed by atoms with van der Waals surface area (Å²) in [5.74, 6) is 1.25. The first-order valence-corrected chi connectivity index (χ1v) is 15.8. The first-order valence-electron chi connectivity index (χ1n) is 15.8. The maximum atomic E-state index is 14.2. The lowest BCUT2D eigenvalue weighted by Crippen LogP contribution is -2.24. The summed E-state index contributed by atoms with van der Waals surface area (Å²) in [5.41, 5.74) is 3.07. The van der Waals surface area contributed by atoms with Crippen LogP contribution < -0.4 is 10.3 Å². The maximum absolute atomic E-state index is 14.2. The van der Waals surface area contributed by atoms with E-state index in [4.69, 9.17) is 9.72 Å². The molecule has 1 aromatic carbocycles. The molecule has 11 nitrogen and oxygen atoms in total. The second-order valence-corrected chi connectivity index (χ2v) is 12.2. The lowest BCUT2D eigenvalue weighted by molar-refractivity contribution is -0.140. The number of methoxy groups -OCH3 is 1. The predicted octanol–water partition coefficient (Wildman–Crippen LogP) is 6.28. The Hall–Kier alpha value is -5.40. The van der Waals surface area contributed by atoms with Crippen LogP contribution in [0.1, 0.15) is 61.5 Å². The van der Waals surface area contributed by atoms with Crippen molar-refractivity contribution in [3.05, 3.63) is 88.8 Å². The highest BCUT2D eigenvalue weighted by atomic mass is 19.4. The quantitative estimate of drug-likeness (QED) is 0.179. The van der Waals surface area contributed by atoms with Crippen molar-refractivity contribution in [1.29, 1.82) is 0 Å². The van der Waals surface area contributed by atoms with Gasteiger partial charge in [0.05, 0.1) is 31.1 Å². The molecule has 2 aliphatic rings. The van der Waals surface area contributed by atoms with E-state index in [0.29, 0.717) is 51.5 Å². The fourth-order valence-corrected chi connectivity index (χ4v) is 6.04. The highest BCUT2D eigenvalue weighted by Gasteiger charge is 2.37. The average molecular weight is 654 g/mol. The molecule has 244 valence electrons. The number of rotatable bonds is 9. The summed E-state index contributed by atoms with van der Waals surface area (Å²) in [7, 11) is 1.53. The van der Waals surface area contributed by atoms with Gasteiger partial charge in [0.2, 0.25) is 5.88 Å². The fraction of sp³-hybridized carbons (Fsp3) is 0.324. The third-order valence-corrected chi connectivity index (χ3v) is 8.83. The van der Waals surface area contributed by atoms with Crippen molar-refractivity contribution < 1.29 is 17.9 Å². The van der Waals surface area contributed by atoms with Crippen molar-refractivity contribution in [3.63, 3.8) is 0 Å². The molecule has 0 unspecified atom stereocenters. The topological polar surface area (TPSA) is 118 Å². The van der Waals surface area contributed by atoms with Gasteiger partial charge in [-0.2, -0.15) is 18.3 Å². The number of aryl methyl sites for hydroxylation is 1. The van der Waals surface area contributed by atoms with E-state index in [1.54, 1.807) is 56.5 Å². The minimum Gasteiger partial charge on any atom is -0.480 e. The molecule has 2 fully saturated rings. The van der Waals surface area contributed by atoms with Gasteiger partial charge in [-0.25, -0.2) is 24.9 Å². The molecule has 0 bridgehead atoms. The molecule has 6 aromatic rings. The third-order valence-electron chi connectivity index (χ3n) is 8.83. The number of alkyl halides is 3. The number of benzene rings is 1. The number of aromatic nitrogens is 9. The summed E-state index contributed by atoms with van der Waals surface area (Å²) >= 11 is 0. The Labute approximate surface area is 272 Å². The summed E-state index contributed by atoms with van der Waals surface area (Å²) in [6.45, 7) is 2.76. The van der Waals surface area contributed by atoms with Crippen molar-refractivity contribution in [1.82, 2.24) is 43.8 Å². The lowest BCUT2D eigenvalue weighted by Gasteiger charge is -2.15. The molecule has 0 amide bonds. The molecule has 0 saturated heterocycles. The van der Waals surface area contributed by atoms with Crippen LogP contribution in [-0.4, -0.2) is 50.9 Å². The van der Waals surface area contributed by atoms with Crippen LogP contribution in [0.2, 0.25) is 0 Å². The second kappa shape index (κ2) is 11.4. The number of ether oxygens (including phenoxy) is 1. The molecule has 48 heavy (non-hydrogen) atoms. The standard InChI is InChI=1S/C34H30F3N9O2/c1-3-44-16-23(14-41-44)25-12-22-13-38-29(27-28(20-8-9-20)39-18-40-32(27)48-2)43-31(22)46(33(25)47)15-19-4-6-21(7-5-19)30-42-26(34(35,36)37)17-45(30)24-10-11-24/h4-7,12-14,16-18,20,24H,3,8-11,15H2,1-2H3. The zero-order valence-electron chi connectivity index (χ0n) is 26.1. The highest BCUT2D eigenvalue weighted by molar-refractivity contribution is 5.82. The predicted molar refractivity (Wildman–Crippen MR) is 170 cm³/mol. The Morgan fingerprint density at radius 1 is 0.958 bits per heavy atom. The van der Waals surface area contributed by atoms with Gasteiger partial charge < -0.3 is 9.30 Å². The van der Waals surface area contributed by atoms with Crippen LogP contribution in [-0.2, 0) is 19.3 Å². The van der Waals surface area contributed by atoms with E-state index in [2.05, 4.69) is 25.0 Å². The van der Waals surface area contributed by atoms with E-state index in [1.807, 2.05) is 13.1 Å². The minimum atomic E-state index is -4.54. The van der Waals surface area contributed by atoms with Gasteiger partial charge in [0, 0.05) is 53.6 Å². The number of pyridine rings is 1. The SMILES string of the molecule is CCn1cc(-c2cc3cnc(-c4c(OC)ncnc4C4CC4)nc3n(Cc3ccc(-c4nc(C(F)(F)F)cn4C4CC4)cc3)c2=O)cn1. The van der Waals surface area contributed by atoms with E-state index in [-0.39, 0.29) is 29.9 Å². The third kappa shape index (κ3) is 5.40. The van der Waals surface area contributed by atoms with Crippen LogP contribution in [0.4, 0.5) is 13.2 Å². The van der Waals surface area contributed by atoms with Crippen LogP contribution >= 0.6 is 0 Å². The Morgan fingerprint density at radius 3 is 2.42 bits per heavy atom. The molecule has 5 heterocycles. The smallest absolute Gasteiger partial charge is 0.434 e. The molecule has 0 N–H and O–H groups in total. The van der Waals surface area contributed by atoms with E-state index in [1.165, 1.54) is 13.4 Å². The number of nitrogens with zero attached hydrogens (tertiary/aromatic N) is 9. The Kier molecular flexibility index (Phi) is 7.11. The fourth-order valence-electron chi connectivity index (χ4n) is 6.04. The molecule has 2 aliphatic carbocycles. The van der Waals surface area contributed by atoms with Gasteiger partial charge in [-0.1, -0.05) is 24.3 Å². The van der Waals surface area contributed by atoms with Crippen LogP contribution in [0.15, 0.2) is 66.2 Å². The van der Waals surface area contributed by atoms with Gasteiger partial charge in [-0.15, -0.1) is 0 Å². The molecule has 5 aromatic heterocycles. The monoisotopic (exact) mass is 653 g/mol. The average Bonchev–Trinajstić information content (AvgIpc) is 4.03. The Bertz CT molecular complexity index is 2230. The summed E-state index contributed by atoms with van der Waals surface area (Å²) in [6, 6.07) is 8.87. The van der Waals surface area contributed by atoms with Crippen molar-refractivity contribution in [2.45, 2.75) is 63.8 Å². The molecular formula is C34H30F3N9O2. The molecule has 0 aliphatic heterocycles. The highest BCUT2D eigenvalue weighted by Crippen LogP contribution is 2.45. The van der Waals surface area contributed by atoms with Crippen molar-refractivity contribution in [2.24, 2.45) is 0 Å². The van der Waals surface area contributed by atoms with E-state index < -0.39 is 11.9 Å². The normalized spacial score (nSPS) is 14.9. The zero-order chi connectivity index (χ0) is 33.2. The van der Waals surface area contributed by atoms with Gasteiger partial charge in [-0.3, -0.25) is 14.0 Å². The number of hydrogen-bond acceptors (Lipinski definition) is 8. The van der Waals surface area contributed by atoms with Gasteiger partial charge in [-0.05, 0) is 44.2 Å². The zero-order valence-corrected chi connectivity index (χ0v) is 26.1. The molecule has 14 heteroatoms. The van der Waals surface area contributed by atoms with Gasteiger partial charge in [0.1, 0.15) is 23.4 Å². The minimum absolute atomic E-state index is 0.0102. The number of hydrogen-bond donors (Lipinski definition) is 0. The van der Waals surface area contributed by atoms with Crippen molar-refractivity contribution >= 4 is 11.0 Å². The first kappa shape index (κ1) is 30.0. The summed E-state index contributed by atoms with van der Waals surface area (Å²) in [4.78, 5) is 36.6. The van der Waals surface area contributed by atoms with Gasteiger partial charge in [0.25, 0.3) is 5.56 Å². The number of fused-ring (bicyclic) bond motifs is 1. The van der Waals surface area contributed by atoms with Crippen molar-refractivity contribution in [2.75, 3.05) is 7.11 Å². The van der Waals surface area contributed by atoms with Crippen molar-refractivity contribution in [3.8, 4) is 39.8 Å². The van der Waals surface area contributed by atoms with E-state index >= 15 is 0 Å². The van der Waals surface area contributed by atoms with Crippen LogP contribution in [0.5, 0.6) is 5.88 Å². The number of imidazole rings is 1. The summed E-state index contributed by atoms with van der Waals surface area (Å²) < 4.78 is 51.1. The summed E-state index contributed by atoms with van der Waals surface area (Å²) in [6.07, 6.45) is 6.81. The van der Waals surface area contributed by atoms with E-state index in [0.717, 1.165) is 43.1 Å².